The van der Waals surface area contributed by atoms with E-state index in [-0.39, 0.29) is 5.91 Å². The van der Waals surface area contributed by atoms with Crippen LogP contribution >= 0.6 is 24.0 Å². The molecule has 1 saturated heterocycles. The van der Waals surface area contributed by atoms with Crippen molar-refractivity contribution in [2.75, 3.05) is 19.1 Å². The van der Waals surface area contributed by atoms with Gasteiger partial charge in [-0.25, -0.2) is 0 Å². The van der Waals surface area contributed by atoms with Crippen molar-refractivity contribution in [2.45, 2.75) is 19.8 Å². The van der Waals surface area contributed by atoms with Gasteiger partial charge in [0.1, 0.15) is 4.32 Å². The van der Waals surface area contributed by atoms with Crippen LogP contribution in [0.2, 0.25) is 0 Å². The van der Waals surface area contributed by atoms with Crippen molar-refractivity contribution in [3.8, 4) is 0 Å². The fraction of sp³-hybridized carbons (Fsp3) is 0.462. The molecule has 1 aliphatic rings. The van der Waals surface area contributed by atoms with Gasteiger partial charge < -0.3 is 4.90 Å². The van der Waals surface area contributed by atoms with Gasteiger partial charge in [0.05, 0.1) is 12.5 Å². The monoisotopic (exact) mass is 310 g/mol. The predicted octanol–water partition coefficient (Wildman–Crippen LogP) is 2.08. The van der Waals surface area contributed by atoms with Gasteiger partial charge in [0.25, 0.3) is 5.91 Å². The van der Waals surface area contributed by atoms with E-state index in [0.29, 0.717) is 18.1 Å². The van der Waals surface area contributed by atoms with Crippen LogP contribution in [-0.4, -0.2) is 44.2 Å². The molecule has 1 fully saturated rings. The molecule has 20 heavy (non-hydrogen) atoms. The summed E-state index contributed by atoms with van der Waals surface area (Å²) in [6, 6.07) is 3.40. The van der Waals surface area contributed by atoms with E-state index >= 15 is 0 Å². The van der Waals surface area contributed by atoms with E-state index in [2.05, 4.69) is 22.2 Å². The normalized spacial score (nSPS) is 16.2. The molecule has 1 aliphatic heterocycles. The maximum atomic E-state index is 12.1. The standard InChI is InChI=1S/C13H18N4OS2/c1-2-3-8-16-9-17(10-20-13(16)19)15-12(18)11-4-6-14-7-5-11/h4-7H,2-3,8-10H2,1H3,(H,15,18). The smallest absolute Gasteiger partial charge is 0.265 e. The van der Waals surface area contributed by atoms with Gasteiger partial charge in [0, 0.05) is 24.5 Å². The lowest BCUT2D eigenvalue weighted by Gasteiger charge is -2.36. The topological polar surface area (TPSA) is 48.5 Å². The van der Waals surface area contributed by atoms with Crippen LogP contribution in [0, 0.1) is 0 Å². The van der Waals surface area contributed by atoms with Crippen molar-refractivity contribution in [1.29, 1.82) is 0 Å². The number of thiocarbonyl (C=S) groups is 1. The first-order chi connectivity index (χ1) is 9.70. The number of carbonyl (C=O) groups excluding carboxylic acids is 1. The zero-order chi connectivity index (χ0) is 14.4. The molecule has 0 unspecified atom stereocenters. The lowest BCUT2D eigenvalue weighted by Crippen LogP contribution is -2.52. The molecule has 7 heteroatoms. The summed E-state index contributed by atoms with van der Waals surface area (Å²) in [4.78, 5) is 18.1. The summed E-state index contributed by atoms with van der Waals surface area (Å²) >= 11 is 6.92. The molecule has 0 aromatic carbocycles. The summed E-state index contributed by atoms with van der Waals surface area (Å²) in [5.74, 6) is 0.564. The maximum Gasteiger partial charge on any atom is 0.265 e. The summed E-state index contributed by atoms with van der Waals surface area (Å²) in [6.45, 7) is 3.73. The van der Waals surface area contributed by atoms with E-state index in [1.165, 1.54) is 0 Å². The Morgan fingerprint density at radius 2 is 2.25 bits per heavy atom. The van der Waals surface area contributed by atoms with E-state index in [1.807, 2.05) is 5.01 Å². The van der Waals surface area contributed by atoms with Crippen LogP contribution in [0.25, 0.3) is 0 Å². The summed E-state index contributed by atoms with van der Waals surface area (Å²) in [7, 11) is 0. The molecule has 0 bridgehead atoms. The molecule has 1 N–H and O–H groups in total. The Balaban J connectivity index is 1.90. The quantitative estimate of drug-likeness (QED) is 0.840. The third-order valence-electron chi connectivity index (χ3n) is 2.93. The number of hydrazine groups is 1. The van der Waals surface area contributed by atoms with Crippen molar-refractivity contribution < 1.29 is 4.79 Å². The van der Waals surface area contributed by atoms with Crippen LogP contribution in [0.15, 0.2) is 24.5 Å². The van der Waals surface area contributed by atoms with Crippen LogP contribution in [0.1, 0.15) is 30.1 Å². The van der Waals surface area contributed by atoms with E-state index in [9.17, 15) is 4.79 Å². The molecular formula is C13H18N4OS2. The highest BCUT2D eigenvalue weighted by molar-refractivity contribution is 8.22. The first-order valence-electron chi connectivity index (χ1n) is 6.58. The van der Waals surface area contributed by atoms with Crippen molar-refractivity contribution in [1.82, 2.24) is 20.3 Å². The Kier molecular flexibility index (Phi) is 5.75. The zero-order valence-corrected chi connectivity index (χ0v) is 13.0. The molecule has 108 valence electrons. The second kappa shape index (κ2) is 7.56. The Labute approximate surface area is 128 Å². The minimum atomic E-state index is -0.115. The van der Waals surface area contributed by atoms with E-state index < -0.39 is 0 Å². The highest BCUT2D eigenvalue weighted by Crippen LogP contribution is 2.18. The Morgan fingerprint density at radius 3 is 2.95 bits per heavy atom. The van der Waals surface area contributed by atoms with Gasteiger partial charge in [-0.3, -0.25) is 15.2 Å². The number of pyridine rings is 1. The number of aromatic nitrogens is 1. The molecule has 0 saturated carbocycles. The minimum Gasteiger partial charge on any atom is -0.343 e. The second-order valence-electron chi connectivity index (χ2n) is 4.51. The predicted molar refractivity (Wildman–Crippen MR) is 85.1 cm³/mol. The largest absolute Gasteiger partial charge is 0.343 e. The molecule has 0 atom stereocenters. The van der Waals surface area contributed by atoms with Crippen LogP contribution in [0.5, 0.6) is 0 Å². The van der Waals surface area contributed by atoms with Crippen molar-refractivity contribution in [3.63, 3.8) is 0 Å². The lowest BCUT2D eigenvalue weighted by atomic mass is 10.2. The molecule has 0 aliphatic carbocycles. The molecule has 2 heterocycles. The lowest BCUT2D eigenvalue weighted by molar-refractivity contribution is 0.0750. The van der Waals surface area contributed by atoms with Crippen molar-refractivity contribution in [3.05, 3.63) is 30.1 Å². The number of rotatable bonds is 5. The minimum absolute atomic E-state index is 0.115. The highest BCUT2D eigenvalue weighted by atomic mass is 32.2. The fourth-order valence-corrected chi connectivity index (χ4v) is 2.87. The van der Waals surface area contributed by atoms with Gasteiger partial charge in [-0.05, 0) is 18.6 Å². The number of nitrogens with one attached hydrogen (secondary N) is 1. The second-order valence-corrected chi connectivity index (χ2v) is 6.09. The number of nitrogens with zero attached hydrogens (tertiary/aromatic N) is 3. The van der Waals surface area contributed by atoms with Crippen molar-refractivity contribution in [2.24, 2.45) is 0 Å². The average Bonchev–Trinajstić information content (AvgIpc) is 2.48. The molecule has 5 nitrogen and oxygen atoms in total. The van der Waals surface area contributed by atoms with Gasteiger partial charge in [-0.1, -0.05) is 37.3 Å². The Hall–Kier alpha value is -1.18. The van der Waals surface area contributed by atoms with Crippen LogP contribution in [0.3, 0.4) is 0 Å². The van der Waals surface area contributed by atoms with Crippen molar-refractivity contribution >= 4 is 34.2 Å². The molecule has 1 aromatic rings. The van der Waals surface area contributed by atoms with Gasteiger partial charge in [-0.15, -0.1) is 0 Å². The Morgan fingerprint density at radius 1 is 1.50 bits per heavy atom. The number of thioether (sulfide) groups is 1. The van der Waals surface area contributed by atoms with Gasteiger partial charge in [0.15, 0.2) is 0 Å². The molecule has 1 aromatic heterocycles. The third kappa shape index (κ3) is 4.16. The first-order valence-corrected chi connectivity index (χ1v) is 7.97. The van der Waals surface area contributed by atoms with Gasteiger partial charge >= 0.3 is 0 Å². The van der Waals surface area contributed by atoms with Gasteiger partial charge in [-0.2, -0.15) is 5.01 Å². The molecule has 1 amide bonds. The maximum absolute atomic E-state index is 12.1. The summed E-state index contributed by atoms with van der Waals surface area (Å²) in [5, 5.41) is 1.89. The van der Waals surface area contributed by atoms with Gasteiger partial charge in [0.2, 0.25) is 0 Å². The summed E-state index contributed by atoms with van der Waals surface area (Å²) in [5.41, 5.74) is 3.52. The van der Waals surface area contributed by atoms with E-state index in [4.69, 9.17) is 12.2 Å². The van der Waals surface area contributed by atoms with Crippen LogP contribution in [0.4, 0.5) is 0 Å². The SMILES string of the molecule is CCCCN1CN(NC(=O)c2ccncc2)CSC1=S. The van der Waals surface area contributed by atoms with Crippen LogP contribution in [-0.2, 0) is 0 Å². The molecule has 0 radical (unpaired) electrons. The summed E-state index contributed by atoms with van der Waals surface area (Å²) in [6.07, 6.45) is 5.46. The average molecular weight is 310 g/mol. The van der Waals surface area contributed by atoms with E-state index in [1.54, 1.807) is 36.3 Å². The number of unbranched alkanes of at least 4 members (excludes halogenated alkanes) is 1. The number of hydrogen-bond donors (Lipinski definition) is 1. The first kappa shape index (κ1) is 15.2. The number of carbonyl (C=O) groups is 1. The highest BCUT2D eigenvalue weighted by Gasteiger charge is 2.22. The molecule has 2 rings (SSSR count). The Bertz CT molecular complexity index is 469. The molecule has 0 spiro atoms. The molecular weight excluding hydrogens is 292 g/mol. The fourth-order valence-electron chi connectivity index (χ4n) is 1.82. The summed E-state index contributed by atoms with van der Waals surface area (Å²) < 4.78 is 0.910. The number of hydrogen-bond acceptors (Lipinski definition) is 5. The van der Waals surface area contributed by atoms with E-state index in [0.717, 1.165) is 23.7 Å². The number of amides is 1. The zero-order valence-electron chi connectivity index (χ0n) is 11.4. The third-order valence-corrected chi connectivity index (χ3v) is 4.48. The van der Waals surface area contributed by atoms with Crippen LogP contribution < -0.4 is 5.43 Å².